The zero-order valence-corrected chi connectivity index (χ0v) is 33.5. The van der Waals surface area contributed by atoms with E-state index in [-0.39, 0.29) is 0 Å². The average molecular weight is 781 g/mol. The second kappa shape index (κ2) is 24.9. The van der Waals surface area contributed by atoms with Crippen molar-refractivity contribution in [3.63, 3.8) is 0 Å². The quantitative estimate of drug-likeness (QED) is 0.0648. The maximum absolute atomic E-state index is 13.7. The van der Waals surface area contributed by atoms with Crippen LogP contribution in [0.2, 0.25) is 0 Å². The van der Waals surface area contributed by atoms with Crippen LogP contribution in [0.25, 0.3) is 0 Å². The Hall–Kier alpha value is -3.38. The number of carbonyl (C=O) groups is 6. The summed E-state index contributed by atoms with van der Waals surface area (Å²) >= 11 is 0. The summed E-state index contributed by atoms with van der Waals surface area (Å²) in [6.45, 7) is 15.9. The van der Waals surface area contributed by atoms with Crippen molar-refractivity contribution in [3.8, 4) is 0 Å². The molecular formula is C37H64O17. The molecule has 0 heterocycles. The summed E-state index contributed by atoms with van der Waals surface area (Å²) in [6, 6.07) is 0. The monoisotopic (exact) mass is 780 g/mol. The number of rotatable bonds is 25. The highest BCUT2D eigenvalue weighted by molar-refractivity contribution is 5.87. The molecule has 0 spiro atoms. The molecule has 0 aromatic carbocycles. The Labute approximate surface area is 317 Å². The third kappa shape index (κ3) is 15.8. The van der Waals surface area contributed by atoms with Gasteiger partial charge in [0, 0.05) is 36.5 Å². The molecule has 0 rings (SSSR count). The highest BCUT2D eigenvalue weighted by atomic mass is 16.7. The molecule has 0 aliphatic carbocycles. The van der Waals surface area contributed by atoms with Crippen LogP contribution in [0.3, 0.4) is 0 Å². The number of hydrogen-bond acceptors (Lipinski definition) is 17. The van der Waals surface area contributed by atoms with E-state index in [2.05, 4.69) is 0 Å². The predicted octanol–water partition coefficient (Wildman–Crippen LogP) is 1.38. The normalized spacial score (nSPS) is 18.8. The lowest BCUT2D eigenvalue weighted by molar-refractivity contribution is -0.197. The van der Waals surface area contributed by atoms with Gasteiger partial charge in [-0.2, -0.15) is 0 Å². The Bertz CT molecular complexity index is 1190. The van der Waals surface area contributed by atoms with Crippen molar-refractivity contribution < 1.29 is 82.7 Å². The van der Waals surface area contributed by atoms with Crippen LogP contribution in [-0.2, 0) is 57.2 Å². The Morgan fingerprint density at radius 3 is 1.04 bits per heavy atom. The molecule has 0 aliphatic heterocycles. The number of aliphatic hydroxyl groups is 5. The van der Waals surface area contributed by atoms with Crippen LogP contribution in [0, 0.1) is 29.6 Å². The zero-order valence-electron chi connectivity index (χ0n) is 33.5. The second-order valence-corrected chi connectivity index (χ2v) is 14.2. The topological polar surface area (TPSA) is 259 Å². The van der Waals surface area contributed by atoms with Gasteiger partial charge in [0.1, 0.15) is 31.0 Å². The van der Waals surface area contributed by atoms with Gasteiger partial charge >= 0.3 is 35.8 Å². The fourth-order valence-electron chi connectivity index (χ4n) is 4.76. The molecular weight excluding hydrogens is 716 g/mol. The van der Waals surface area contributed by atoms with Crippen LogP contribution < -0.4 is 0 Å². The maximum Gasteiger partial charge on any atom is 0.348 e. The van der Waals surface area contributed by atoms with E-state index in [9.17, 15) is 49.2 Å². The number of carbonyl (C=O) groups excluding carboxylic acids is 6. The van der Waals surface area contributed by atoms with Gasteiger partial charge in [-0.1, -0.05) is 69.2 Å². The summed E-state index contributed by atoms with van der Waals surface area (Å²) < 4.78 is 32.5. The number of hydrogen-bond donors (Lipinski definition) is 5. The first-order chi connectivity index (χ1) is 25.1. The van der Waals surface area contributed by atoms with E-state index in [1.807, 2.05) is 0 Å². The van der Waals surface area contributed by atoms with Gasteiger partial charge < -0.3 is 54.0 Å². The minimum absolute atomic E-state index is 0.302. The van der Waals surface area contributed by atoms with Gasteiger partial charge in [-0.15, -0.1) is 0 Å². The molecule has 0 saturated heterocycles. The fourth-order valence-corrected chi connectivity index (χ4v) is 4.76. The molecule has 0 aliphatic rings. The van der Waals surface area contributed by atoms with Gasteiger partial charge in [0.15, 0.2) is 0 Å². The SMILES string of the molecule is CC[C@@H](C)[C@H](OC(=O)[C@@H](OC(=O)[C@@H](OC(=O)[C@@H](OC(=O)[C@H](OC(C)=O)C(C)C)[C@@H](C)CC)[C@H](C)CC)[C@@H](C)CC)C(=O)OC[C@H](O)[C@H](O)[C@H](O)[C@H](O)CO. The molecule has 0 bridgehead atoms. The molecule has 17 heteroatoms. The van der Waals surface area contributed by atoms with Gasteiger partial charge in [0.25, 0.3) is 0 Å². The zero-order chi connectivity index (χ0) is 42.0. The van der Waals surface area contributed by atoms with Crippen LogP contribution in [0.15, 0.2) is 0 Å². The van der Waals surface area contributed by atoms with Crippen molar-refractivity contribution in [2.45, 2.75) is 157 Å². The van der Waals surface area contributed by atoms with Crippen LogP contribution in [-0.4, -0.2) is 129 Å². The van der Waals surface area contributed by atoms with Gasteiger partial charge in [0.05, 0.1) is 6.61 Å². The maximum atomic E-state index is 13.7. The number of ether oxygens (including phenoxy) is 6. The first-order valence-electron chi connectivity index (χ1n) is 18.6. The summed E-state index contributed by atoms with van der Waals surface area (Å²) in [4.78, 5) is 78.6. The largest absolute Gasteiger partial charge is 0.460 e. The summed E-state index contributed by atoms with van der Waals surface area (Å²) in [5.74, 6) is -9.11. The molecule has 314 valence electrons. The molecule has 5 N–H and O–H groups in total. The Morgan fingerprint density at radius 2 is 0.759 bits per heavy atom. The highest BCUT2D eigenvalue weighted by Gasteiger charge is 2.42. The number of aliphatic hydroxyl groups excluding tert-OH is 5. The van der Waals surface area contributed by atoms with E-state index in [1.54, 1.807) is 69.2 Å². The van der Waals surface area contributed by atoms with Crippen LogP contribution >= 0.6 is 0 Å². The molecule has 0 fully saturated rings. The Kier molecular flexibility index (Phi) is 23.4. The molecule has 17 nitrogen and oxygen atoms in total. The van der Waals surface area contributed by atoms with Crippen LogP contribution in [0.4, 0.5) is 0 Å². The van der Waals surface area contributed by atoms with Gasteiger partial charge in [-0.25, -0.2) is 24.0 Å². The van der Waals surface area contributed by atoms with E-state index < -0.39 is 134 Å². The van der Waals surface area contributed by atoms with Crippen molar-refractivity contribution >= 4 is 35.8 Å². The molecule has 0 amide bonds. The van der Waals surface area contributed by atoms with Gasteiger partial charge in [0.2, 0.25) is 30.5 Å². The Balaban J connectivity index is 6.24. The van der Waals surface area contributed by atoms with Crippen LogP contribution in [0.1, 0.15) is 102 Å². The Morgan fingerprint density at radius 1 is 0.463 bits per heavy atom. The smallest absolute Gasteiger partial charge is 0.348 e. The van der Waals surface area contributed by atoms with E-state index in [0.717, 1.165) is 6.92 Å². The molecule has 0 unspecified atom stereocenters. The first kappa shape index (κ1) is 50.6. The van der Waals surface area contributed by atoms with Crippen molar-refractivity contribution in [3.05, 3.63) is 0 Å². The molecule has 0 aromatic heterocycles. The third-order valence-corrected chi connectivity index (χ3v) is 9.40. The van der Waals surface area contributed by atoms with Gasteiger partial charge in [-0.3, -0.25) is 4.79 Å². The summed E-state index contributed by atoms with van der Waals surface area (Å²) in [7, 11) is 0. The summed E-state index contributed by atoms with van der Waals surface area (Å²) in [5, 5.41) is 48.6. The summed E-state index contributed by atoms with van der Waals surface area (Å²) in [6.07, 6.45) is -13.9. The lowest BCUT2D eigenvalue weighted by Gasteiger charge is -2.30. The minimum atomic E-state index is -2.00. The van der Waals surface area contributed by atoms with E-state index in [0.29, 0.717) is 25.7 Å². The second-order valence-electron chi connectivity index (χ2n) is 14.2. The molecule has 0 aromatic rings. The average Bonchev–Trinajstić information content (AvgIpc) is 3.14. The third-order valence-electron chi connectivity index (χ3n) is 9.40. The highest BCUT2D eigenvalue weighted by Crippen LogP contribution is 2.24. The van der Waals surface area contributed by atoms with Crippen molar-refractivity contribution in [2.75, 3.05) is 13.2 Å². The molecule has 13 atom stereocenters. The summed E-state index contributed by atoms with van der Waals surface area (Å²) in [5.41, 5.74) is 0. The van der Waals surface area contributed by atoms with E-state index in [4.69, 9.17) is 33.5 Å². The minimum Gasteiger partial charge on any atom is -0.460 e. The van der Waals surface area contributed by atoms with E-state index >= 15 is 0 Å². The molecule has 54 heavy (non-hydrogen) atoms. The van der Waals surface area contributed by atoms with Gasteiger partial charge in [-0.05, 0) is 25.7 Å². The number of esters is 6. The molecule has 0 saturated carbocycles. The standard InChI is InChI=1S/C37H64O17/c1-12-19(7)29(33(44)49-17-25(41)27(43)26(42)24(40)16-38)51-35(46)31(21(9)14-3)53-37(48)32(22(10)15-4)54-36(47)30(20(8)13-2)52-34(45)28(18(5)6)50-23(11)39/h18-22,24-32,38,40-43H,12-17H2,1-11H3/t19-,20+,21+,22-,24-,25+,26-,27+,28-,29+,30+,31+,32+/m1/s1. The molecule has 0 radical (unpaired) electrons. The van der Waals surface area contributed by atoms with Crippen LogP contribution in [0.5, 0.6) is 0 Å². The van der Waals surface area contributed by atoms with Crippen molar-refractivity contribution in [2.24, 2.45) is 29.6 Å². The lowest BCUT2D eigenvalue weighted by atomic mass is 9.98. The van der Waals surface area contributed by atoms with Crippen molar-refractivity contribution in [1.82, 2.24) is 0 Å². The van der Waals surface area contributed by atoms with E-state index in [1.165, 1.54) is 0 Å². The first-order valence-corrected chi connectivity index (χ1v) is 18.6. The van der Waals surface area contributed by atoms with Crippen molar-refractivity contribution in [1.29, 1.82) is 0 Å². The predicted molar refractivity (Wildman–Crippen MR) is 190 cm³/mol. The fraction of sp³-hybridized carbons (Fsp3) is 0.838. The lowest BCUT2D eigenvalue weighted by Crippen LogP contribution is -2.48.